The number of rotatable bonds is 9. The summed E-state index contributed by atoms with van der Waals surface area (Å²) in [4.78, 5) is 25.0. The van der Waals surface area contributed by atoms with Crippen molar-refractivity contribution in [3.8, 4) is 17.2 Å². The lowest BCUT2D eigenvalue weighted by atomic mass is 10.1. The van der Waals surface area contributed by atoms with Gasteiger partial charge in [0.1, 0.15) is 5.75 Å². The third-order valence-corrected chi connectivity index (χ3v) is 4.18. The predicted molar refractivity (Wildman–Crippen MR) is 107 cm³/mol. The van der Waals surface area contributed by atoms with Crippen molar-refractivity contribution in [3.05, 3.63) is 47.0 Å². The SMILES string of the molecule is CCOCc1cc(C(=O)Nc2cc(OC)c(OC)cc2C(=O)OC)ccc1OC. The molecule has 0 atom stereocenters. The minimum atomic E-state index is -0.618. The Morgan fingerprint density at radius 3 is 2.14 bits per heavy atom. The van der Waals surface area contributed by atoms with Crippen LogP contribution in [0.5, 0.6) is 17.2 Å². The van der Waals surface area contributed by atoms with E-state index in [-0.39, 0.29) is 11.3 Å². The van der Waals surface area contributed by atoms with E-state index in [0.717, 1.165) is 5.56 Å². The van der Waals surface area contributed by atoms with Crippen molar-refractivity contribution in [2.24, 2.45) is 0 Å². The molecular formula is C21H25NO7. The molecule has 0 aliphatic carbocycles. The summed E-state index contributed by atoms with van der Waals surface area (Å²) in [7, 11) is 5.73. The number of carbonyl (C=O) groups is 2. The smallest absolute Gasteiger partial charge is 0.340 e. The Kier molecular flexibility index (Phi) is 7.85. The van der Waals surface area contributed by atoms with Crippen LogP contribution in [0.15, 0.2) is 30.3 Å². The molecule has 0 heterocycles. The lowest BCUT2D eigenvalue weighted by Crippen LogP contribution is -2.16. The average Bonchev–Trinajstić information content (AvgIpc) is 2.76. The van der Waals surface area contributed by atoms with Gasteiger partial charge in [-0.05, 0) is 25.1 Å². The molecule has 1 amide bonds. The monoisotopic (exact) mass is 403 g/mol. The van der Waals surface area contributed by atoms with E-state index < -0.39 is 11.9 Å². The van der Waals surface area contributed by atoms with Crippen molar-refractivity contribution in [2.75, 3.05) is 40.4 Å². The van der Waals surface area contributed by atoms with Crippen LogP contribution in [0, 0.1) is 0 Å². The summed E-state index contributed by atoms with van der Waals surface area (Å²) in [5.74, 6) is 0.295. The van der Waals surface area contributed by atoms with Gasteiger partial charge < -0.3 is 29.0 Å². The summed E-state index contributed by atoms with van der Waals surface area (Å²) in [6.07, 6.45) is 0. The van der Waals surface area contributed by atoms with Gasteiger partial charge in [0.05, 0.1) is 46.3 Å². The molecule has 0 saturated heterocycles. The summed E-state index contributed by atoms with van der Waals surface area (Å²) in [5, 5.41) is 2.73. The van der Waals surface area contributed by atoms with E-state index in [1.54, 1.807) is 25.3 Å². The molecule has 2 aromatic carbocycles. The summed E-state index contributed by atoms with van der Waals surface area (Å²) >= 11 is 0. The molecule has 0 aliphatic heterocycles. The fraction of sp³-hybridized carbons (Fsp3) is 0.333. The van der Waals surface area contributed by atoms with E-state index in [1.807, 2.05) is 6.92 Å². The van der Waals surface area contributed by atoms with Gasteiger partial charge in [-0.15, -0.1) is 0 Å². The lowest BCUT2D eigenvalue weighted by Gasteiger charge is -2.15. The van der Waals surface area contributed by atoms with Gasteiger partial charge in [0.2, 0.25) is 0 Å². The normalized spacial score (nSPS) is 10.2. The zero-order chi connectivity index (χ0) is 21.4. The van der Waals surface area contributed by atoms with Gasteiger partial charge in [0.25, 0.3) is 5.91 Å². The van der Waals surface area contributed by atoms with Gasteiger partial charge in [-0.1, -0.05) is 0 Å². The molecule has 0 aliphatic rings. The van der Waals surface area contributed by atoms with Gasteiger partial charge >= 0.3 is 5.97 Å². The first-order valence-corrected chi connectivity index (χ1v) is 8.89. The lowest BCUT2D eigenvalue weighted by molar-refractivity contribution is 0.0601. The fourth-order valence-electron chi connectivity index (χ4n) is 2.70. The zero-order valence-electron chi connectivity index (χ0n) is 17.2. The molecule has 0 aromatic heterocycles. The Bertz CT molecular complexity index is 880. The number of ether oxygens (including phenoxy) is 5. The van der Waals surface area contributed by atoms with Crippen LogP contribution in [0.2, 0.25) is 0 Å². The molecule has 2 rings (SSSR count). The third-order valence-electron chi connectivity index (χ3n) is 4.18. The number of hydrogen-bond donors (Lipinski definition) is 1. The molecule has 0 saturated carbocycles. The number of esters is 1. The zero-order valence-corrected chi connectivity index (χ0v) is 17.2. The Morgan fingerprint density at radius 1 is 0.897 bits per heavy atom. The van der Waals surface area contributed by atoms with Crippen LogP contribution in [0.4, 0.5) is 5.69 Å². The van der Waals surface area contributed by atoms with Crippen LogP contribution >= 0.6 is 0 Å². The summed E-state index contributed by atoms with van der Waals surface area (Å²) in [6, 6.07) is 7.96. The van der Waals surface area contributed by atoms with Crippen molar-refractivity contribution >= 4 is 17.6 Å². The molecule has 156 valence electrons. The van der Waals surface area contributed by atoms with E-state index in [1.165, 1.54) is 33.5 Å². The maximum absolute atomic E-state index is 12.8. The van der Waals surface area contributed by atoms with Crippen LogP contribution in [0.1, 0.15) is 33.2 Å². The van der Waals surface area contributed by atoms with Crippen molar-refractivity contribution in [2.45, 2.75) is 13.5 Å². The molecule has 1 N–H and O–H groups in total. The third kappa shape index (κ3) is 5.17. The largest absolute Gasteiger partial charge is 0.496 e. The fourth-order valence-corrected chi connectivity index (χ4v) is 2.70. The Hall–Kier alpha value is -3.26. The second-order valence-corrected chi connectivity index (χ2v) is 5.86. The molecule has 0 spiro atoms. The van der Waals surface area contributed by atoms with Gasteiger partial charge in [-0.2, -0.15) is 0 Å². The topological polar surface area (TPSA) is 92.3 Å². The van der Waals surface area contributed by atoms with E-state index in [9.17, 15) is 9.59 Å². The van der Waals surface area contributed by atoms with Crippen LogP contribution < -0.4 is 19.5 Å². The summed E-state index contributed by atoms with van der Waals surface area (Å²) in [5.41, 5.74) is 1.50. The molecule has 0 radical (unpaired) electrons. The number of amides is 1. The van der Waals surface area contributed by atoms with E-state index in [2.05, 4.69) is 5.32 Å². The average molecular weight is 403 g/mol. The number of anilines is 1. The molecule has 0 unspecified atom stereocenters. The Morgan fingerprint density at radius 2 is 1.55 bits per heavy atom. The second-order valence-electron chi connectivity index (χ2n) is 5.86. The summed E-state index contributed by atoms with van der Waals surface area (Å²) < 4.78 is 26.0. The van der Waals surface area contributed by atoms with Crippen molar-refractivity contribution in [3.63, 3.8) is 0 Å². The highest BCUT2D eigenvalue weighted by atomic mass is 16.5. The molecule has 8 nitrogen and oxygen atoms in total. The second kappa shape index (κ2) is 10.3. The number of hydrogen-bond acceptors (Lipinski definition) is 7. The predicted octanol–water partition coefficient (Wildman–Crippen LogP) is 3.29. The summed E-state index contributed by atoms with van der Waals surface area (Å²) in [6.45, 7) is 2.73. The Labute approximate surface area is 169 Å². The molecule has 2 aromatic rings. The number of nitrogens with one attached hydrogen (secondary N) is 1. The number of benzene rings is 2. The highest BCUT2D eigenvalue weighted by Gasteiger charge is 2.20. The Balaban J connectivity index is 2.40. The minimum absolute atomic E-state index is 0.140. The van der Waals surface area contributed by atoms with Crippen LogP contribution in [-0.2, 0) is 16.1 Å². The molecule has 8 heteroatoms. The maximum Gasteiger partial charge on any atom is 0.340 e. The van der Waals surface area contributed by atoms with E-state index in [4.69, 9.17) is 23.7 Å². The molecular weight excluding hydrogens is 378 g/mol. The quantitative estimate of drug-likeness (QED) is 0.642. The number of carbonyl (C=O) groups excluding carboxylic acids is 2. The van der Waals surface area contributed by atoms with Gasteiger partial charge in [0, 0.05) is 29.9 Å². The molecule has 0 fully saturated rings. The van der Waals surface area contributed by atoms with Crippen molar-refractivity contribution in [1.29, 1.82) is 0 Å². The van der Waals surface area contributed by atoms with Gasteiger partial charge in [0.15, 0.2) is 11.5 Å². The first kappa shape index (κ1) is 22.0. The minimum Gasteiger partial charge on any atom is -0.496 e. The molecule has 29 heavy (non-hydrogen) atoms. The van der Waals surface area contributed by atoms with E-state index >= 15 is 0 Å². The maximum atomic E-state index is 12.8. The highest BCUT2D eigenvalue weighted by molar-refractivity contribution is 6.08. The van der Waals surface area contributed by atoms with Crippen LogP contribution in [0.3, 0.4) is 0 Å². The number of methoxy groups -OCH3 is 4. The first-order valence-electron chi connectivity index (χ1n) is 8.89. The first-order chi connectivity index (χ1) is 14.0. The van der Waals surface area contributed by atoms with Crippen molar-refractivity contribution in [1.82, 2.24) is 0 Å². The standard InChI is InChI=1S/C21H25NO7/c1-6-29-12-14-9-13(7-8-17(14)25-2)20(23)22-16-11-19(27-4)18(26-3)10-15(16)21(24)28-5/h7-11H,6,12H2,1-5H3,(H,22,23). The molecule has 0 bridgehead atoms. The van der Waals surface area contributed by atoms with Gasteiger partial charge in [-0.25, -0.2) is 4.79 Å². The highest BCUT2D eigenvalue weighted by Crippen LogP contribution is 2.34. The van der Waals surface area contributed by atoms with Crippen LogP contribution in [0.25, 0.3) is 0 Å². The van der Waals surface area contributed by atoms with Crippen molar-refractivity contribution < 1.29 is 33.3 Å². The van der Waals surface area contributed by atoms with E-state index in [0.29, 0.717) is 36.0 Å². The van der Waals surface area contributed by atoms with Crippen LogP contribution in [-0.4, -0.2) is 46.9 Å². The van der Waals surface area contributed by atoms with Gasteiger partial charge in [-0.3, -0.25) is 4.79 Å².